The van der Waals surface area contributed by atoms with E-state index in [0.717, 1.165) is 0 Å². The topological polar surface area (TPSA) is 46.5 Å². The lowest BCUT2D eigenvalue weighted by atomic mass is 9.94. The van der Waals surface area contributed by atoms with Crippen LogP contribution in [-0.4, -0.2) is 18.2 Å². The average Bonchev–Trinajstić information content (AvgIpc) is 2.28. The van der Waals surface area contributed by atoms with Gasteiger partial charge in [0.05, 0.1) is 19.6 Å². The molecule has 94 valence electrons. The summed E-state index contributed by atoms with van der Waals surface area (Å²) < 4.78 is 4.55. The number of benzene rings is 1. The maximum absolute atomic E-state index is 11.1. The summed E-state index contributed by atoms with van der Waals surface area (Å²) in [5.41, 5.74) is 0.562. The Kier molecular flexibility index (Phi) is 5.25. The first-order chi connectivity index (χ1) is 7.95. The number of hydrogen-bond donors (Lipinski definition) is 1. The van der Waals surface area contributed by atoms with Gasteiger partial charge in [0, 0.05) is 10.0 Å². The molecule has 0 amide bonds. The van der Waals surface area contributed by atoms with Crippen LogP contribution in [-0.2, 0) is 9.53 Å². The zero-order valence-electron chi connectivity index (χ0n) is 9.61. The van der Waals surface area contributed by atoms with Crippen molar-refractivity contribution in [3.05, 3.63) is 33.8 Å². The van der Waals surface area contributed by atoms with Gasteiger partial charge in [-0.05, 0) is 23.6 Å². The van der Waals surface area contributed by atoms with Crippen molar-refractivity contribution in [1.82, 2.24) is 0 Å². The molecule has 17 heavy (non-hydrogen) atoms. The minimum atomic E-state index is -0.820. The molecule has 0 aliphatic carbocycles. The number of ether oxygens (including phenoxy) is 1. The number of aliphatic hydroxyl groups excluding tert-OH is 1. The van der Waals surface area contributed by atoms with Gasteiger partial charge >= 0.3 is 5.97 Å². The molecule has 1 aromatic carbocycles. The van der Waals surface area contributed by atoms with Crippen LogP contribution in [0.4, 0.5) is 0 Å². The van der Waals surface area contributed by atoms with Crippen LogP contribution < -0.4 is 0 Å². The Morgan fingerprint density at radius 2 is 2.12 bits per heavy atom. The van der Waals surface area contributed by atoms with Crippen molar-refractivity contribution in [3.8, 4) is 0 Å². The van der Waals surface area contributed by atoms with E-state index in [1.165, 1.54) is 7.11 Å². The van der Waals surface area contributed by atoms with Gasteiger partial charge in [-0.3, -0.25) is 4.79 Å². The predicted octanol–water partition coefficient (Wildman–Crippen LogP) is 3.23. The lowest BCUT2D eigenvalue weighted by Crippen LogP contribution is -2.15. The number of carbonyl (C=O) groups excluding carboxylic acids is 1. The maximum Gasteiger partial charge on any atom is 0.305 e. The number of hydrogen-bond acceptors (Lipinski definition) is 3. The van der Waals surface area contributed by atoms with Crippen molar-refractivity contribution >= 4 is 29.2 Å². The molecule has 2 unspecified atom stereocenters. The van der Waals surface area contributed by atoms with Gasteiger partial charge in [-0.25, -0.2) is 0 Å². The molecular formula is C12H14Cl2O3. The van der Waals surface area contributed by atoms with Gasteiger partial charge in [-0.2, -0.15) is 0 Å². The van der Waals surface area contributed by atoms with Crippen molar-refractivity contribution in [2.75, 3.05) is 7.11 Å². The normalized spacial score (nSPS) is 14.2. The van der Waals surface area contributed by atoms with Crippen LogP contribution >= 0.6 is 23.2 Å². The molecule has 5 heteroatoms. The van der Waals surface area contributed by atoms with E-state index in [2.05, 4.69) is 4.74 Å². The Bertz CT molecular complexity index is 407. The van der Waals surface area contributed by atoms with E-state index >= 15 is 0 Å². The van der Waals surface area contributed by atoms with E-state index in [9.17, 15) is 9.90 Å². The Morgan fingerprint density at radius 1 is 1.47 bits per heavy atom. The zero-order chi connectivity index (χ0) is 13.0. The molecule has 0 aliphatic heterocycles. The highest BCUT2D eigenvalue weighted by Gasteiger charge is 2.21. The largest absolute Gasteiger partial charge is 0.469 e. The third kappa shape index (κ3) is 3.87. The van der Waals surface area contributed by atoms with Gasteiger partial charge in [-0.1, -0.05) is 36.2 Å². The fourth-order valence-electron chi connectivity index (χ4n) is 1.51. The summed E-state index contributed by atoms with van der Waals surface area (Å²) in [7, 11) is 1.32. The summed E-state index contributed by atoms with van der Waals surface area (Å²) >= 11 is 11.7. The fraction of sp³-hybridized carbons (Fsp3) is 0.417. The molecule has 0 spiro atoms. The van der Waals surface area contributed by atoms with E-state index in [4.69, 9.17) is 23.2 Å². The number of aliphatic hydroxyl groups is 1. The van der Waals surface area contributed by atoms with Crippen LogP contribution in [0, 0.1) is 5.92 Å². The minimum Gasteiger partial charge on any atom is -0.469 e. The molecular weight excluding hydrogens is 263 g/mol. The van der Waals surface area contributed by atoms with Crippen LogP contribution in [0.2, 0.25) is 10.0 Å². The molecule has 0 aliphatic rings. The Hall–Kier alpha value is -0.770. The number of methoxy groups -OCH3 is 1. The highest BCUT2D eigenvalue weighted by atomic mass is 35.5. The fourth-order valence-corrected chi connectivity index (χ4v) is 2.03. The molecule has 0 radical (unpaired) electrons. The molecule has 1 rings (SSSR count). The van der Waals surface area contributed by atoms with Crippen LogP contribution in [0.3, 0.4) is 0 Å². The third-order valence-electron chi connectivity index (χ3n) is 2.54. The van der Waals surface area contributed by atoms with E-state index < -0.39 is 6.10 Å². The monoisotopic (exact) mass is 276 g/mol. The van der Waals surface area contributed by atoms with Crippen molar-refractivity contribution in [2.45, 2.75) is 19.4 Å². The highest BCUT2D eigenvalue weighted by molar-refractivity contribution is 6.35. The SMILES string of the molecule is COC(=O)CC(C)C(O)c1ccc(Cl)cc1Cl. The van der Waals surface area contributed by atoms with E-state index in [1.807, 2.05) is 0 Å². The number of esters is 1. The smallest absolute Gasteiger partial charge is 0.305 e. The summed E-state index contributed by atoms with van der Waals surface area (Å²) in [5, 5.41) is 11.0. The van der Waals surface area contributed by atoms with Gasteiger partial charge in [0.1, 0.15) is 0 Å². The van der Waals surface area contributed by atoms with Crippen molar-refractivity contribution in [2.24, 2.45) is 5.92 Å². The van der Waals surface area contributed by atoms with Gasteiger partial charge in [0.15, 0.2) is 0 Å². The Balaban J connectivity index is 2.81. The molecule has 0 saturated carbocycles. The summed E-state index contributed by atoms with van der Waals surface area (Å²) in [6.45, 7) is 1.76. The van der Waals surface area contributed by atoms with Gasteiger partial charge in [-0.15, -0.1) is 0 Å². The van der Waals surface area contributed by atoms with E-state index in [-0.39, 0.29) is 18.3 Å². The molecule has 0 fully saturated rings. The number of carbonyl (C=O) groups is 1. The molecule has 0 aromatic heterocycles. The van der Waals surface area contributed by atoms with Crippen LogP contribution in [0.5, 0.6) is 0 Å². The summed E-state index contributed by atoms with van der Waals surface area (Å²) in [6, 6.07) is 4.87. The summed E-state index contributed by atoms with van der Waals surface area (Å²) in [5.74, 6) is -0.636. The Morgan fingerprint density at radius 3 is 2.65 bits per heavy atom. The van der Waals surface area contributed by atoms with Crippen molar-refractivity contribution in [1.29, 1.82) is 0 Å². The lowest BCUT2D eigenvalue weighted by molar-refractivity contribution is -0.142. The maximum atomic E-state index is 11.1. The molecule has 1 N–H and O–H groups in total. The second-order valence-electron chi connectivity index (χ2n) is 3.87. The number of rotatable bonds is 4. The Labute approximate surface area is 110 Å². The van der Waals surface area contributed by atoms with Crippen LogP contribution in [0.25, 0.3) is 0 Å². The average molecular weight is 277 g/mol. The molecule has 1 aromatic rings. The van der Waals surface area contributed by atoms with Crippen molar-refractivity contribution < 1.29 is 14.6 Å². The van der Waals surface area contributed by atoms with Crippen molar-refractivity contribution in [3.63, 3.8) is 0 Å². The quantitative estimate of drug-likeness (QED) is 0.859. The third-order valence-corrected chi connectivity index (χ3v) is 3.10. The second-order valence-corrected chi connectivity index (χ2v) is 4.71. The first-order valence-corrected chi connectivity index (χ1v) is 5.91. The van der Waals surface area contributed by atoms with E-state index in [0.29, 0.717) is 15.6 Å². The lowest BCUT2D eigenvalue weighted by Gasteiger charge is -2.19. The predicted molar refractivity (Wildman–Crippen MR) is 67.2 cm³/mol. The molecule has 0 heterocycles. The minimum absolute atomic E-state index is 0.136. The molecule has 3 nitrogen and oxygen atoms in total. The van der Waals surface area contributed by atoms with E-state index in [1.54, 1.807) is 25.1 Å². The summed E-state index contributed by atoms with van der Waals surface area (Å²) in [6.07, 6.45) is -0.685. The molecule has 0 saturated heterocycles. The first-order valence-electron chi connectivity index (χ1n) is 5.15. The van der Waals surface area contributed by atoms with Gasteiger partial charge < -0.3 is 9.84 Å². The zero-order valence-corrected chi connectivity index (χ0v) is 11.1. The van der Waals surface area contributed by atoms with Crippen LogP contribution in [0.15, 0.2) is 18.2 Å². The first kappa shape index (κ1) is 14.3. The van der Waals surface area contributed by atoms with Crippen LogP contribution in [0.1, 0.15) is 25.0 Å². The number of halogens is 2. The summed E-state index contributed by atoms with van der Waals surface area (Å²) in [4.78, 5) is 11.1. The van der Waals surface area contributed by atoms with Gasteiger partial charge in [0.2, 0.25) is 0 Å². The highest BCUT2D eigenvalue weighted by Crippen LogP contribution is 2.31. The molecule has 0 bridgehead atoms. The van der Waals surface area contributed by atoms with Gasteiger partial charge in [0.25, 0.3) is 0 Å². The second kappa shape index (κ2) is 6.24. The molecule has 2 atom stereocenters. The standard InChI is InChI=1S/C12H14Cl2O3/c1-7(5-11(15)17-2)12(16)9-4-3-8(13)6-10(9)14/h3-4,6-7,12,16H,5H2,1-2H3.